The summed E-state index contributed by atoms with van der Waals surface area (Å²) in [5.41, 5.74) is 4.09. The smallest absolute Gasteiger partial charge is 0.255 e. The third-order valence-electron chi connectivity index (χ3n) is 6.22. The van der Waals surface area contributed by atoms with Crippen LogP contribution in [0.3, 0.4) is 0 Å². The molecule has 0 spiro atoms. The molecule has 1 aliphatic heterocycles. The quantitative estimate of drug-likeness (QED) is 0.431. The largest absolute Gasteiger partial charge is 0.490 e. The van der Waals surface area contributed by atoms with E-state index in [4.69, 9.17) is 4.74 Å². The Morgan fingerprint density at radius 2 is 1.91 bits per heavy atom. The van der Waals surface area contributed by atoms with Crippen molar-refractivity contribution < 1.29 is 9.53 Å². The molecule has 2 aromatic carbocycles. The molecular weight excluding hydrogens is 424 g/mol. The van der Waals surface area contributed by atoms with Gasteiger partial charge in [0.2, 0.25) is 0 Å². The number of fused-ring (bicyclic) bond motifs is 1. The number of aromatic nitrogens is 2. The molecule has 168 valence electrons. The normalized spacial score (nSPS) is 14.1. The van der Waals surface area contributed by atoms with Crippen molar-refractivity contribution in [2.24, 2.45) is 0 Å². The van der Waals surface area contributed by atoms with Crippen molar-refractivity contribution in [2.45, 2.75) is 25.9 Å². The van der Waals surface area contributed by atoms with E-state index in [-0.39, 0.29) is 12.0 Å². The lowest BCUT2D eigenvalue weighted by molar-refractivity contribution is 0.0597. The van der Waals surface area contributed by atoms with Crippen molar-refractivity contribution in [3.8, 4) is 22.9 Å². The summed E-state index contributed by atoms with van der Waals surface area (Å²) in [6.07, 6.45) is 6.74. The SMILES string of the molecule is Cc1ccc(C(=O)N2CCC(Oc3cc(-c4cccc(C#N)c4)cc4ccncc34)CC2)cn1. The molecule has 0 bridgehead atoms. The van der Waals surface area contributed by atoms with Crippen LogP contribution in [0.25, 0.3) is 21.9 Å². The van der Waals surface area contributed by atoms with E-state index in [0.29, 0.717) is 24.2 Å². The van der Waals surface area contributed by atoms with E-state index in [1.54, 1.807) is 18.5 Å². The van der Waals surface area contributed by atoms with Crippen LogP contribution in [-0.2, 0) is 0 Å². The van der Waals surface area contributed by atoms with Crippen LogP contribution in [0.2, 0.25) is 0 Å². The van der Waals surface area contributed by atoms with Crippen molar-refractivity contribution in [2.75, 3.05) is 13.1 Å². The number of nitriles is 1. The predicted molar refractivity (Wildman–Crippen MR) is 130 cm³/mol. The Balaban J connectivity index is 1.35. The number of rotatable bonds is 4. The minimum atomic E-state index is 0.00397. The van der Waals surface area contributed by atoms with Gasteiger partial charge in [0.05, 0.1) is 17.2 Å². The lowest BCUT2D eigenvalue weighted by atomic mass is 9.99. The zero-order chi connectivity index (χ0) is 23.5. The van der Waals surface area contributed by atoms with Gasteiger partial charge in [0.25, 0.3) is 5.91 Å². The van der Waals surface area contributed by atoms with Crippen LogP contribution < -0.4 is 4.74 Å². The standard InChI is InChI=1S/C28H24N4O2/c1-19-5-6-23(17-31-19)28(33)32-11-8-25(9-12-32)34-27-15-24(14-22-7-10-30-18-26(22)27)21-4-2-3-20(13-21)16-29/h2-7,10,13-15,17-18,25H,8-9,11-12H2,1H3. The Hall–Kier alpha value is -4.24. The minimum Gasteiger partial charge on any atom is -0.490 e. The number of hydrogen-bond acceptors (Lipinski definition) is 5. The molecule has 1 aliphatic rings. The van der Waals surface area contributed by atoms with E-state index in [0.717, 1.165) is 46.2 Å². The summed E-state index contributed by atoms with van der Waals surface area (Å²) >= 11 is 0. The van der Waals surface area contributed by atoms with Gasteiger partial charge in [0.1, 0.15) is 11.9 Å². The van der Waals surface area contributed by atoms with Crippen LogP contribution >= 0.6 is 0 Å². The molecule has 0 saturated carbocycles. The van der Waals surface area contributed by atoms with E-state index < -0.39 is 0 Å². The molecule has 0 radical (unpaired) electrons. The second kappa shape index (κ2) is 9.32. The van der Waals surface area contributed by atoms with Crippen molar-refractivity contribution >= 4 is 16.7 Å². The van der Waals surface area contributed by atoms with Gasteiger partial charge in [-0.2, -0.15) is 5.26 Å². The molecule has 0 aliphatic carbocycles. The fraction of sp³-hybridized carbons (Fsp3) is 0.214. The van der Waals surface area contributed by atoms with Gasteiger partial charge in [0.15, 0.2) is 0 Å². The topological polar surface area (TPSA) is 79.1 Å². The number of pyridine rings is 2. The first-order valence-electron chi connectivity index (χ1n) is 11.4. The molecule has 2 aromatic heterocycles. The number of benzene rings is 2. The van der Waals surface area contributed by atoms with Crippen LogP contribution in [0, 0.1) is 18.3 Å². The van der Waals surface area contributed by atoms with E-state index in [9.17, 15) is 10.1 Å². The minimum absolute atomic E-state index is 0.00397. The van der Waals surface area contributed by atoms with Crippen molar-refractivity contribution in [1.29, 1.82) is 5.26 Å². The van der Waals surface area contributed by atoms with Gasteiger partial charge in [0, 0.05) is 55.6 Å². The fourth-order valence-electron chi connectivity index (χ4n) is 4.33. The molecule has 1 fully saturated rings. The molecule has 0 N–H and O–H groups in total. The Labute approximate surface area is 198 Å². The molecular formula is C28H24N4O2. The van der Waals surface area contributed by atoms with Crippen LogP contribution in [0.15, 0.2) is 73.2 Å². The van der Waals surface area contributed by atoms with Crippen molar-refractivity contribution in [3.05, 3.63) is 90.0 Å². The second-order valence-corrected chi connectivity index (χ2v) is 8.56. The van der Waals surface area contributed by atoms with Gasteiger partial charge in [-0.25, -0.2) is 0 Å². The van der Waals surface area contributed by atoms with Crippen LogP contribution in [-0.4, -0.2) is 40.0 Å². The maximum absolute atomic E-state index is 12.8. The molecule has 5 rings (SSSR count). The Morgan fingerprint density at radius 3 is 2.68 bits per heavy atom. The van der Waals surface area contributed by atoms with E-state index in [1.165, 1.54) is 0 Å². The van der Waals surface area contributed by atoms with E-state index in [2.05, 4.69) is 22.1 Å². The monoisotopic (exact) mass is 448 g/mol. The zero-order valence-corrected chi connectivity index (χ0v) is 18.9. The number of carbonyl (C=O) groups excluding carboxylic acids is 1. The number of aryl methyl sites for hydroxylation is 1. The molecule has 0 unspecified atom stereocenters. The van der Waals surface area contributed by atoms with Gasteiger partial charge in [-0.3, -0.25) is 14.8 Å². The Kier molecular flexibility index (Phi) is 5.92. The summed E-state index contributed by atoms with van der Waals surface area (Å²) in [6, 6.07) is 19.6. The summed E-state index contributed by atoms with van der Waals surface area (Å²) in [5, 5.41) is 11.3. The first kappa shape index (κ1) is 21.6. The lowest BCUT2D eigenvalue weighted by Gasteiger charge is -2.32. The van der Waals surface area contributed by atoms with E-state index >= 15 is 0 Å². The third-order valence-corrected chi connectivity index (χ3v) is 6.22. The highest BCUT2D eigenvalue weighted by Crippen LogP contribution is 2.34. The molecule has 4 aromatic rings. The van der Waals surface area contributed by atoms with E-state index in [1.807, 2.05) is 60.5 Å². The lowest BCUT2D eigenvalue weighted by Crippen LogP contribution is -2.41. The Bertz CT molecular complexity index is 1380. The Morgan fingerprint density at radius 1 is 1.06 bits per heavy atom. The average Bonchev–Trinajstić information content (AvgIpc) is 2.89. The highest BCUT2D eigenvalue weighted by atomic mass is 16.5. The number of hydrogen-bond donors (Lipinski definition) is 0. The number of amides is 1. The summed E-state index contributed by atoms with van der Waals surface area (Å²) < 4.78 is 6.48. The molecule has 6 heteroatoms. The molecule has 6 nitrogen and oxygen atoms in total. The number of piperidine rings is 1. The van der Waals surface area contributed by atoms with Gasteiger partial charge >= 0.3 is 0 Å². The number of carbonyl (C=O) groups is 1. The maximum atomic E-state index is 12.8. The summed E-state index contributed by atoms with van der Waals surface area (Å²) in [4.78, 5) is 23.2. The van der Waals surface area contributed by atoms with Crippen molar-refractivity contribution in [3.63, 3.8) is 0 Å². The first-order valence-corrected chi connectivity index (χ1v) is 11.4. The first-order chi connectivity index (χ1) is 16.6. The highest BCUT2D eigenvalue weighted by molar-refractivity contribution is 5.94. The molecule has 34 heavy (non-hydrogen) atoms. The van der Waals surface area contributed by atoms with Gasteiger partial charge in [-0.05, 0) is 65.9 Å². The third kappa shape index (κ3) is 4.46. The fourth-order valence-corrected chi connectivity index (χ4v) is 4.33. The molecule has 0 atom stereocenters. The van der Waals surface area contributed by atoms with Crippen LogP contribution in [0.5, 0.6) is 5.75 Å². The van der Waals surface area contributed by atoms with Gasteiger partial charge in [-0.15, -0.1) is 0 Å². The molecule has 3 heterocycles. The van der Waals surface area contributed by atoms with Gasteiger partial charge < -0.3 is 9.64 Å². The number of nitrogens with zero attached hydrogens (tertiary/aromatic N) is 4. The summed E-state index contributed by atoms with van der Waals surface area (Å²) in [7, 11) is 0. The zero-order valence-electron chi connectivity index (χ0n) is 18.9. The number of ether oxygens (including phenoxy) is 1. The summed E-state index contributed by atoms with van der Waals surface area (Å²) in [6.45, 7) is 3.18. The molecule has 1 saturated heterocycles. The molecule has 1 amide bonds. The average molecular weight is 449 g/mol. The number of likely N-dealkylation sites (tertiary alicyclic amines) is 1. The second-order valence-electron chi connectivity index (χ2n) is 8.56. The summed E-state index contributed by atoms with van der Waals surface area (Å²) in [5.74, 6) is 0.787. The van der Waals surface area contributed by atoms with Crippen LogP contribution in [0.4, 0.5) is 0 Å². The van der Waals surface area contributed by atoms with Crippen LogP contribution in [0.1, 0.15) is 34.5 Å². The van der Waals surface area contributed by atoms with Crippen molar-refractivity contribution in [1.82, 2.24) is 14.9 Å². The predicted octanol–water partition coefficient (Wildman–Crippen LogP) is 5.16. The van der Waals surface area contributed by atoms with Gasteiger partial charge in [-0.1, -0.05) is 12.1 Å². The highest BCUT2D eigenvalue weighted by Gasteiger charge is 2.25. The maximum Gasteiger partial charge on any atom is 0.255 e.